The number of amides is 1. The van der Waals surface area contributed by atoms with Crippen LogP contribution < -0.4 is 10.9 Å². The van der Waals surface area contributed by atoms with Crippen molar-refractivity contribution in [2.45, 2.75) is 12.7 Å². The van der Waals surface area contributed by atoms with Crippen molar-refractivity contribution in [1.82, 2.24) is 4.57 Å². The monoisotopic (exact) mass is 408 g/mol. The lowest BCUT2D eigenvalue weighted by Gasteiger charge is -2.12. The van der Waals surface area contributed by atoms with E-state index in [0.717, 1.165) is 10.6 Å². The van der Waals surface area contributed by atoms with Gasteiger partial charge in [-0.2, -0.15) is 13.2 Å². The summed E-state index contributed by atoms with van der Waals surface area (Å²) in [5.74, 6) is -2.92. The van der Waals surface area contributed by atoms with Crippen LogP contribution >= 0.6 is 0 Å². The summed E-state index contributed by atoms with van der Waals surface area (Å²) in [5.41, 5.74) is -2.41. The van der Waals surface area contributed by atoms with E-state index in [4.69, 9.17) is 0 Å². The molecule has 0 spiro atoms. The third-order valence-corrected chi connectivity index (χ3v) is 4.04. The minimum Gasteiger partial charge on any atom is -0.322 e. The molecule has 0 bridgehead atoms. The predicted octanol–water partition coefficient (Wildman–Crippen LogP) is 4.45. The van der Waals surface area contributed by atoms with Gasteiger partial charge in [0.25, 0.3) is 11.5 Å². The Morgan fingerprint density at radius 3 is 2.45 bits per heavy atom. The number of alkyl halides is 3. The van der Waals surface area contributed by atoms with Crippen molar-refractivity contribution in [3.05, 3.63) is 99.5 Å². The Kier molecular flexibility index (Phi) is 5.49. The maximum atomic E-state index is 13.4. The van der Waals surface area contributed by atoms with Gasteiger partial charge in [-0.3, -0.25) is 9.59 Å². The molecule has 0 unspecified atom stereocenters. The van der Waals surface area contributed by atoms with Gasteiger partial charge in [0.1, 0.15) is 17.2 Å². The van der Waals surface area contributed by atoms with Crippen LogP contribution in [-0.2, 0) is 12.7 Å². The normalized spacial score (nSPS) is 11.3. The minimum atomic E-state index is -4.94. The number of hydrogen-bond donors (Lipinski definition) is 1. The first-order chi connectivity index (χ1) is 13.6. The molecule has 9 heteroatoms. The average Bonchev–Trinajstić information content (AvgIpc) is 2.64. The number of nitrogens with zero attached hydrogens (tertiary/aromatic N) is 1. The Morgan fingerprint density at radius 1 is 1.00 bits per heavy atom. The van der Waals surface area contributed by atoms with Crippen molar-refractivity contribution in [2.75, 3.05) is 5.32 Å². The summed E-state index contributed by atoms with van der Waals surface area (Å²) in [6.07, 6.45) is -3.54. The first-order valence-corrected chi connectivity index (χ1v) is 8.27. The van der Waals surface area contributed by atoms with Crippen molar-refractivity contribution in [2.24, 2.45) is 0 Å². The summed E-state index contributed by atoms with van der Waals surface area (Å²) in [5, 5.41) is 2.16. The van der Waals surface area contributed by atoms with Crippen LogP contribution in [0.3, 0.4) is 0 Å². The highest BCUT2D eigenvalue weighted by atomic mass is 19.4. The van der Waals surface area contributed by atoms with Crippen molar-refractivity contribution in [3.8, 4) is 0 Å². The van der Waals surface area contributed by atoms with E-state index < -0.39 is 34.8 Å². The first-order valence-electron chi connectivity index (χ1n) is 8.27. The number of hydrogen-bond acceptors (Lipinski definition) is 2. The first kappa shape index (κ1) is 20.2. The van der Waals surface area contributed by atoms with Crippen LogP contribution in [0.25, 0.3) is 0 Å². The maximum Gasteiger partial charge on any atom is 0.419 e. The van der Waals surface area contributed by atoms with Gasteiger partial charge in [-0.05, 0) is 48.0 Å². The average molecular weight is 408 g/mol. The second kappa shape index (κ2) is 7.86. The smallest absolute Gasteiger partial charge is 0.322 e. The molecule has 0 fully saturated rings. The molecule has 2 aromatic carbocycles. The maximum absolute atomic E-state index is 13.4. The quantitative estimate of drug-likeness (QED) is 0.649. The third kappa shape index (κ3) is 4.68. The molecule has 4 nitrogen and oxygen atoms in total. The minimum absolute atomic E-state index is 0.00746. The Hall–Kier alpha value is -3.49. The fourth-order valence-corrected chi connectivity index (χ4v) is 2.68. The summed E-state index contributed by atoms with van der Waals surface area (Å²) in [6, 6.07) is 10.1. The van der Waals surface area contributed by atoms with Crippen LogP contribution in [-0.4, -0.2) is 10.5 Å². The highest BCUT2D eigenvalue weighted by Gasteiger charge is 2.34. The lowest BCUT2D eigenvalue weighted by molar-refractivity contribution is -0.139. The van der Waals surface area contributed by atoms with E-state index >= 15 is 0 Å². The molecule has 1 amide bonds. The summed E-state index contributed by atoms with van der Waals surface area (Å²) in [7, 11) is 0. The Bertz CT molecular complexity index is 1120. The number of pyridine rings is 1. The van der Waals surface area contributed by atoms with E-state index in [-0.39, 0.29) is 17.8 Å². The molecule has 1 N–H and O–H groups in total. The van der Waals surface area contributed by atoms with E-state index in [1.807, 2.05) is 0 Å². The second-order valence-electron chi connectivity index (χ2n) is 6.13. The Balaban J connectivity index is 1.86. The number of benzene rings is 2. The molecule has 3 rings (SSSR count). The topological polar surface area (TPSA) is 51.1 Å². The van der Waals surface area contributed by atoms with E-state index in [1.54, 1.807) is 6.07 Å². The van der Waals surface area contributed by atoms with Crippen LogP contribution in [0.5, 0.6) is 0 Å². The number of carbonyl (C=O) groups is 1. The summed E-state index contributed by atoms with van der Waals surface area (Å²) in [6.45, 7) is -0.00746. The molecule has 0 atom stereocenters. The highest BCUT2D eigenvalue weighted by Crippen LogP contribution is 2.33. The molecule has 29 heavy (non-hydrogen) atoms. The van der Waals surface area contributed by atoms with Crippen molar-refractivity contribution in [1.29, 1.82) is 0 Å². The van der Waals surface area contributed by atoms with Gasteiger partial charge < -0.3 is 9.88 Å². The molecule has 0 saturated carbocycles. The van der Waals surface area contributed by atoms with Gasteiger partial charge in [-0.15, -0.1) is 0 Å². The number of rotatable bonds is 4. The number of anilines is 1. The van der Waals surface area contributed by atoms with Crippen molar-refractivity contribution < 1.29 is 26.7 Å². The molecule has 1 aromatic heterocycles. The lowest BCUT2D eigenvalue weighted by Crippen LogP contribution is -2.29. The molecule has 0 saturated heterocycles. The second-order valence-corrected chi connectivity index (χ2v) is 6.13. The number of nitrogens with one attached hydrogen (secondary N) is 1. The molecular weight excluding hydrogens is 395 g/mol. The molecule has 0 radical (unpaired) electrons. The standard InChI is InChI=1S/C20H13F5N2O2/c21-13-4-1-3-12(9-13)11-27-8-2-5-15(19(27)29)18(28)26-14-6-7-17(22)16(10-14)20(23,24)25/h1-10H,11H2,(H,26,28). The van der Waals surface area contributed by atoms with Gasteiger partial charge in [-0.1, -0.05) is 12.1 Å². The zero-order chi connectivity index (χ0) is 21.2. The number of carbonyl (C=O) groups excluding carboxylic acids is 1. The van der Waals surface area contributed by atoms with E-state index in [1.165, 1.54) is 36.5 Å². The molecule has 0 aliphatic carbocycles. The van der Waals surface area contributed by atoms with Gasteiger partial charge >= 0.3 is 6.18 Å². The SMILES string of the molecule is O=C(Nc1ccc(F)c(C(F)(F)F)c1)c1cccn(Cc2cccc(F)c2)c1=O. The van der Waals surface area contributed by atoms with Crippen molar-refractivity contribution >= 4 is 11.6 Å². The zero-order valence-electron chi connectivity index (χ0n) is 14.6. The van der Waals surface area contributed by atoms with E-state index in [9.17, 15) is 31.5 Å². The van der Waals surface area contributed by atoms with Crippen molar-refractivity contribution in [3.63, 3.8) is 0 Å². The van der Waals surface area contributed by atoms with Crippen LogP contribution in [0.15, 0.2) is 65.6 Å². The van der Waals surface area contributed by atoms with Crippen LogP contribution in [0.2, 0.25) is 0 Å². The zero-order valence-corrected chi connectivity index (χ0v) is 14.6. The Morgan fingerprint density at radius 2 is 1.76 bits per heavy atom. The summed E-state index contributed by atoms with van der Waals surface area (Å²) >= 11 is 0. The molecule has 0 aliphatic heterocycles. The largest absolute Gasteiger partial charge is 0.419 e. The van der Waals surface area contributed by atoms with Crippen LogP contribution in [0.1, 0.15) is 21.5 Å². The van der Waals surface area contributed by atoms with Gasteiger partial charge in [-0.25, -0.2) is 8.78 Å². The van der Waals surface area contributed by atoms with Gasteiger partial charge in [0, 0.05) is 11.9 Å². The van der Waals surface area contributed by atoms with E-state index in [2.05, 4.69) is 5.32 Å². The third-order valence-electron chi connectivity index (χ3n) is 4.04. The molecule has 150 valence electrons. The summed E-state index contributed by atoms with van der Waals surface area (Å²) < 4.78 is 66.3. The van der Waals surface area contributed by atoms with E-state index in [0.29, 0.717) is 17.7 Å². The Labute approximate surface area is 161 Å². The number of halogens is 5. The molecule has 0 aliphatic rings. The fraction of sp³-hybridized carbons (Fsp3) is 0.100. The molecular formula is C20H13F5N2O2. The van der Waals surface area contributed by atoms with Gasteiger partial charge in [0.2, 0.25) is 0 Å². The summed E-state index contributed by atoms with van der Waals surface area (Å²) in [4.78, 5) is 24.9. The van der Waals surface area contributed by atoms with Crippen LogP contribution in [0, 0.1) is 11.6 Å². The predicted molar refractivity (Wildman–Crippen MR) is 95.6 cm³/mol. The number of aromatic nitrogens is 1. The fourth-order valence-electron chi connectivity index (χ4n) is 2.68. The molecule has 1 heterocycles. The highest BCUT2D eigenvalue weighted by molar-refractivity contribution is 6.04. The molecule has 3 aromatic rings. The van der Waals surface area contributed by atoms with Crippen LogP contribution in [0.4, 0.5) is 27.6 Å². The van der Waals surface area contributed by atoms with Gasteiger partial charge in [0.05, 0.1) is 12.1 Å². The lowest BCUT2D eigenvalue weighted by atomic mass is 10.1. The van der Waals surface area contributed by atoms with Gasteiger partial charge in [0.15, 0.2) is 0 Å².